The molecule has 0 heterocycles. The van der Waals surface area contributed by atoms with Gasteiger partial charge in [0.25, 0.3) is 5.91 Å². The van der Waals surface area contributed by atoms with Crippen molar-refractivity contribution in [2.45, 2.75) is 105 Å². The number of benzene rings is 3. The first-order valence-electron chi connectivity index (χ1n) is 15.4. The maximum absolute atomic E-state index is 14.7. The van der Waals surface area contributed by atoms with Crippen molar-refractivity contribution < 1.29 is 19.1 Å². The highest BCUT2D eigenvalue weighted by Crippen LogP contribution is 2.34. The molecule has 3 aromatic rings. The largest absolute Gasteiger partial charge is 0.444 e. The van der Waals surface area contributed by atoms with Crippen molar-refractivity contribution in [1.29, 1.82) is 0 Å². The molecule has 0 saturated carbocycles. The Morgan fingerprint density at radius 2 is 1.49 bits per heavy atom. The van der Waals surface area contributed by atoms with Gasteiger partial charge < -0.3 is 20.3 Å². The van der Waals surface area contributed by atoms with Gasteiger partial charge >= 0.3 is 6.09 Å². The van der Waals surface area contributed by atoms with Gasteiger partial charge in [-0.1, -0.05) is 88.7 Å². The van der Waals surface area contributed by atoms with Gasteiger partial charge in [-0.15, -0.1) is 0 Å². The number of ether oxygens (including phenoxy) is 1. The fraction of sp³-hybridized carbons (Fsp3) is 0.472. The second-order valence-corrected chi connectivity index (χ2v) is 12.9. The summed E-state index contributed by atoms with van der Waals surface area (Å²) < 4.78 is 5.54. The van der Waals surface area contributed by atoms with E-state index >= 15 is 0 Å². The first-order valence-corrected chi connectivity index (χ1v) is 15.4. The molecule has 3 atom stereocenters. The van der Waals surface area contributed by atoms with E-state index in [2.05, 4.69) is 17.6 Å². The van der Waals surface area contributed by atoms with Crippen LogP contribution in [0.25, 0.3) is 10.8 Å². The standard InChI is InChI=1S/C36H49N3O4/c1-10-24(4)30(38-34(42)43-35(5,6)7)33(41)39(36(8,9)12-3)31(27-19-17-25(11-2)18-20-27)32(40)37-29-22-21-26-15-13-14-16-28(26)23-29/h13-24,30-31H,10-12H2,1-9H3,(H,37,40)(H,38,42). The third kappa shape index (κ3) is 8.59. The van der Waals surface area contributed by atoms with Crippen LogP contribution in [0.5, 0.6) is 0 Å². The molecule has 3 unspecified atom stereocenters. The highest BCUT2D eigenvalue weighted by atomic mass is 16.6. The number of hydrogen-bond acceptors (Lipinski definition) is 4. The number of aryl methyl sites for hydroxylation is 1. The van der Waals surface area contributed by atoms with Crippen LogP contribution in [0, 0.1) is 5.92 Å². The van der Waals surface area contributed by atoms with Crippen molar-refractivity contribution in [3.05, 3.63) is 77.9 Å². The topological polar surface area (TPSA) is 87.7 Å². The third-order valence-electron chi connectivity index (χ3n) is 8.13. The summed E-state index contributed by atoms with van der Waals surface area (Å²) in [5.41, 5.74) is 1.03. The number of carbonyl (C=O) groups excluding carboxylic acids is 3. The van der Waals surface area contributed by atoms with Crippen LogP contribution < -0.4 is 10.6 Å². The predicted octanol–water partition coefficient (Wildman–Crippen LogP) is 8.04. The average Bonchev–Trinajstić information content (AvgIpc) is 2.96. The molecule has 7 heteroatoms. The second kappa shape index (κ2) is 14.1. The Bertz CT molecular complexity index is 1410. The molecule has 3 rings (SSSR count). The molecule has 0 aliphatic heterocycles. The molecule has 3 aromatic carbocycles. The number of alkyl carbamates (subject to hydrolysis) is 1. The molecule has 2 N–H and O–H groups in total. The molecular formula is C36H49N3O4. The van der Waals surface area contributed by atoms with Crippen LogP contribution >= 0.6 is 0 Å². The van der Waals surface area contributed by atoms with Gasteiger partial charge in [-0.25, -0.2) is 4.79 Å². The highest BCUT2D eigenvalue weighted by Gasteiger charge is 2.44. The van der Waals surface area contributed by atoms with Crippen molar-refractivity contribution in [2.24, 2.45) is 5.92 Å². The number of amides is 3. The number of hydrogen-bond donors (Lipinski definition) is 2. The van der Waals surface area contributed by atoms with E-state index in [1.807, 2.05) is 101 Å². The van der Waals surface area contributed by atoms with Crippen LogP contribution in [0.1, 0.15) is 92.3 Å². The zero-order valence-corrected chi connectivity index (χ0v) is 27.3. The van der Waals surface area contributed by atoms with Gasteiger partial charge in [-0.2, -0.15) is 0 Å². The minimum atomic E-state index is -0.952. The van der Waals surface area contributed by atoms with Gasteiger partial charge in [0.2, 0.25) is 5.91 Å². The molecular weight excluding hydrogens is 538 g/mol. The van der Waals surface area contributed by atoms with E-state index in [9.17, 15) is 14.4 Å². The van der Waals surface area contributed by atoms with Gasteiger partial charge in [-0.3, -0.25) is 9.59 Å². The monoisotopic (exact) mass is 587 g/mol. The fourth-order valence-electron chi connectivity index (χ4n) is 5.04. The van der Waals surface area contributed by atoms with Gasteiger partial charge in [-0.05, 0) is 87.4 Å². The van der Waals surface area contributed by atoms with Crippen LogP contribution in [-0.4, -0.2) is 40.0 Å². The van der Waals surface area contributed by atoms with E-state index < -0.39 is 29.3 Å². The van der Waals surface area contributed by atoms with Gasteiger partial charge in [0, 0.05) is 11.2 Å². The average molecular weight is 588 g/mol. The zero-order valence-electron chi connectivity index (χ0n) is 27.3. The minimum absolute atomic E-state index is 0.207. The number of nitrogens with zero attached hydrogens (tertiary/aromatic N) is 1. The Morgan fingerprint density at radius 1 is 0.860 bits per heavy atom. The molecule has 0 spiro atoms. The van der Waals surface area contributed by atoms with Crippen LogP contribution in [0.4, 0.5) is 10.5 Å². The van der Waals surface area contributed by atoms with Crippen molar-refractivity contribution in [2.75, 3.05) is 5.32 Å². The van der Waals surface area contributed by atoms with E-state index in [1.54, 1.807) is 25.7 Å². The lowest BCUT2D eigenvalue weighted by Gasteiger charge is -2.45. The molecule has 0 aliphatic rings. The SMILES string of the molecule is CCc1ccc(C(C(=O)Nc2ccc3ccccc3c2)N(C(=O)C(NC(=O)OC(C)(C)C)C(C)CC)C(C)(C)CC)cc1. The highest BCUT2D eigenvalue weighted by molar-refractivity contribution is 6.00. The fourth-order valence-corrected chi connectivity index (χ4v) is 5.04. The van der Waals surface area contributed by atoms with Crippen LogP contribution in [0.3, 0.4) is 0 Å². The van der Waals surface area contributed by atoms with E-state index in [4.69, 9.17) is 4.74 Å². The van der Waals surface area contributed by atoms with Gasteiger partial charge in [0.1, 0.15) is 17.7 Å². The van der Waals surface area contributed by atoms with Gasteiger partial charge in [0.15, 0.2) is 0 Å². The van der Waals surface area contributed by atoms with Crippen LogP contribution in [0.15, 0.2) is 66.7 Å². The molecule has 0 bridgehead atoms. The van der Waals surface area contributed by atoms with E-state index in [-0.39, 0.29) is 17.7 Å². The molecule has 232 valence electrons. The first kappa shape index (κ1) is 33.6. The smallest absolute Gasteiger partial charge is 0.408 e. The number of anilines is 1. The number of rotatable bonds is 11. The molecule has 0 aliphatic carbocycles. The Hall–Kier alpha value is -3.87. The Balaban J connectivity index is 2.12. The third-order valence-corrected chi connectivity index (χ3v) is 8.13. The van der Waals surface area contributed by atoms with Crippen molar-refractivity contribution >= 4 is 34.4 Å². The van der Waals surface area contributed by atoms with Crippen molar-refractivity contribution in [1.82, 2.24) is 10.2 Å². The zero-order chi connectivity index (χ0) is 31.9. The molecule has 7 nitrogen and oxygen atoms in total. The number of fused-ring (bicyclic) bond motifs is 1. The normalized spacial score (nSPS) is 14.0. The summed E-state index contributed by atoms with van der Waals surface area (Å²) in [7, 11) is 0. The van der Waals surface area contributed by atoms with Crippen molar-refractivity contribution in [3.8, 4) is 0 Å². The Labute approximate surface area is 257 Å². The molecule has 0 saturated heterocycles. The lowest BCUT2D eigenvalue weighted by Crippen LogP contribution is -2.60. The summed E-state index contributed by atoms with van der Waals surface area (Å²) in [5.74, 6) is -0.860. The van der Waals surface area contributed by atoms with Crippen LogP contribution in [0.2, 0.25) is 0 Å². The molecule has 0 aromatic heterocycles. The predicted molar refractivity (Wildman–Crippen MR) is 175 cm³/mol. The quantitative estimate of drug-likeness (QED) is 0.238. The first-order chi connectivity index (χ1) is 20.2. The summed E-state index contributed by atoms with van der Waals surface area (Å²) >= 11 is 0. The van der Waals surface area contributed by atoms with E-state index in [1.165, 1.54) is 0 Å². The van der Waals surface area contributed by atoms with Crippen LogP contribution in [-0.2, 0) is 20.7 Å². The Kier molecular flexibility index (Phi) is 11.0. The summed E-state index contributed by atoms with van der Waals surface area (Å²) in [6, 6.07) is 19.8. The maximum Gasteiger partial charge on any atom is 0.408 e. The molecule has 0 radical (unpaired) electrons. The number of nitrogens with one attached hydrogen (secondary N) is 2. The molecule has 0 fully saturated rings. The van der Waals surface area contributed by atoms with Gasteiger partial charge in [0.05, 0.1) is 0 Å². The molecule has 3 amide bonds. The summed E-state index contributed by atoms with van der Waals surface area (Å²) in [6.07, 6.45) is 1.43. The summed E-state index contributed by atoms with van der Waals surface area (Å²) in [4.78, 5) is 43.7. The summed E-state index contributed by atoms with van der Waals surface area (Å²) in [5, 5.41) is 8.03. The lowest BCUT2D eigenvalue weighted by atomic mass is 9.89. The molecule has 43 heavy (non-hydrogen) atoms. The second-order valence-electron chi connectivity index (χ2n) is 12.9. The number of carbonyl (C=O) groups is 3. The Morgan fingerprint density at radius 3 is 2.05 bits per heavy atom. The van der Waals surface area contributed by atoms with E-state index in [0.29, 0.717) is 24.1 Å². The maximum atomic E-state index is 14.7. The summed E-state index contributed by atoms with van der Waals surface area (Å²) in [6.45, 7) is 17.3. The van der Waals surface area contributed by atoms with Crippen molar-refractivity contribution in [3.63, 3.8) is 0 Å². The minimum Gasteiger partial charge on any atom is -0.444 e. The van der Waals surface area contributed by atoms with E-state index in [0.717, 1.165) is 22.8 Å². The lowest BCUT2D eigenvalue weighted by molar-refractivity contribution is -0.148.